The Morgan fingerprint density at radius 2 is 2.00 bits per heavy atom. The van der Waals surface area contributed by atoms with E-state index in [0.29, 0.717) is 12.0 Å². The van der Waals surface area contributed by atoms with Crippen LogP contribution in [0.25, 0.3) is 10.9 Å². The topological polar surface area (TPSA) is 44.9 Å². The number of aromatic nitrogens is 1. The standard InChI is InChI=1S/C17H22N2O/c1-17(8-4-5-9-17)12-18-11-14-10-13-6-2-3-7-15(13)19-16(14)20/h2-3,6-7,10,18H,4-5,8-9,11-12H2,1H3,(H,19,20). The van der Waals surface area contributed by atoms with E-state index in [1.54, 1.807) is 0 Å². The molecule has 2 N–H and O–H groups in total. The minimum absolute atomic E-state index is 0.0211. The summed E-state index contributed by atoms with van der Waals surface area (Å²) in [7, 11) is 0. The molecule has 1 saturated carbocycles. The van der Waals surface area contributed by atoms with Crippen molar-refractivity contribution in [2.45, 2.75) is 39.2 Å². The van der Waals surface area contributed by atoms with E-state index in [-0.39, 0.29) is 5.56 Å². The number of rotatable bonds is 4. The number of aromatic amines is 1. The molecule has 0 saturated heterocycles. The Balaban J connectivity index is 1.71. The Labute approximate surface area is 119 Å². The molecule has 0 unspecified atom stereocenters. The molecule has 0 bridgehead atoms. The van der Waals surface area contributed by atoms with Crippen LogP contribution in [0.4, 0.5) is 0 Å². The average Bonchev–Trinajstić information content (AvgIpc) is 2.86. The maximum absolute atomic E-state index is 12.0. The summed E-state index contributed by atoms with van der Waals surface area (Å²) in [5.74, 6) is 0. The fraction of sp³-hybridized carbons (Fsp3) is 0.471. The highest BCUT2D eigenvalue weighted by molar-refractivity contribution is 5.78. The number of para-hydroxylation sites is 1. The first-order valence-corrected chi connectivity index (χ1v) is 7.48. The molecule has 0 radical (unpaired) electrons. The van der Waals surface area contributed by atoms with E-state index in [9.17, 15) is 4.79 Å². The number of benzene rings is 1. The van der Waals surface area contributed by atoms with Crippen molar-refractivity contribution in [1.29, 1.82) is 0 Å². The monoisotopic (exact) mass is 270 g/mol. The summed E-state index contributed by atoms with van der Waals surface area (Å²) < 4.78 is 0. The molecule has 3 heteroatoms. The van der Waals surface area contributed by atoms with Gasteiger partial charge in [-0.15, -0.1) is 0 Å². The molecule has 1 aliphatic rings. The molecule has 1 fully saturated rings. The first kappa shape index (κ1) is 13.4. The maximum Gasteiger partial charge on any atom is 0.252 e. The van der Waals surface area contributed by atoms with Crippen molar-refractivity contribution in [3.8, 4) is 0 Å². The molecule has 1 aliphatic carbocycles. The molecular weight excluding hydrogens is 248 g/mol. The summed E-state index contributed by atoms with van der Waals surface area (Å²) in [5.41, 5.74) is 2.17. The van der Waals surface area contributed by atoms with Gasteiger partial charge in [0, 0.05) is 24.2 Å². The maximum atomic E-state index is 12.0. The first-order valence-electron chi connectivity index (χ1n) is 7.48. The van der Waals surface area contributed by atoms with Crippen LogP contribution in [-0.4, -0.2) is 11.5 Å². The van der Waals surface area contributed by atoms with Crippen LogP contribution in [0, 0.1) is 5.41 Å². The first-order chi connectivity index (χ1) is 9.66. The van der Waals surface area contributed by atoms with Gasteiger partial charge in [0.05, 0.1) is 0 Å². The van der Waals surface area contributed by atoms with Crippen molar-refractivity contribution < 1.29 is 0 Å². The van der Waals surface area contributed by atoms with Gasteiger partial charge in [0.25, 0.3) is 5.56 Å². The van der Waals surface area contributed by atoms with E-state index in [1.807, 2.05) is 30.3 Å². The van der Waals surface area contributed by atoms with E-state index >= 15 is 0 Å². The number of pyridine rings is 1. The molecule has 2 aromatic rings. The third-order valence-electron chi connectivity index (χ3n) is 4.51. The van der Waals surface area contributed by atoms with Gasteiger partial charge in [0.1, 0.15) is 0 Å². The van der Waals surface area contributed by atoms with Gasteiger partial charge >= 0.3 is 0 Å². The molecule has 1 aromatic carbocycles. The molecule has 0 spiro atoms. The molecule has 1 heterocycles. The van der Waals surface area contributed by atoms with E-state index in [4.69, 9.17) is 0 Å². The number of fused-ring (bicyclic) bond motifs is 1. The van der Waals surface area contributed by atoms with E-state index < -0.39 is 0 Å². The van der Waals surface area contributed by atoms with Crippen LogP contribution in [0.3, 0.4) is 0 Å². The SMILES string of the molecule is CC1(CNCc2cc3ccccc3[nH]c2=O)CCCC1. The van der Waals surface area contributed by atoms with Crippen LogP contribution in [0.5, 0.6) is 0 Å². The molecule has 0 amide bonds. The van der Waals surface area contributed by atoms with Crippen LogP contribution in [-0.2, 0) is 6.54 Å². The molecule has 0 atom stereocenters. The average molecular weight is 270 g/mol. The number of hydrogen-bond acceptors (Lipinski definition) is 2. The van der Waals surface area contributed by atoms with Gasteiger partial charge in [-0.2, -0.15) is 0 Å². The van der Waals surface area contributed by atoms with E-state index in [0.717, 1.165) is 23.0 Å². The lowest BCUT2D eigenvalue weighted by molar-refractivity contribution is 0.314. The van der Waals surface area contributed by atoms with Crippen molar-refractivity contribution in [1.82, 2.24) is 10.3 Å². The van der Waals surface area contributed by atoms with Crippen molar-refractivity contribution in [3.05, 3.63) is 46.2 Å². The third kappa shape index (κ3) is 2.78. The minimum Gasteiger partial charge on any atom is -0.322 e. The minimum atomic E-state index is 0.0211. The Morgan fingerprint density at radius 1 is 1.25 bits per heavy atom. The molecule has 3 rings (SSSR count). The van der Waals surface area contributed by atoms with Gasteiger partial charge in [0.2, 0.25) is 0 Å². The lowest BCUT2D eigenvalue weighted by atomic mass is 9.89. The van der Waals surface area contributed by atoms with Crippen molar-refractivity contribution in [3.63, 3.8) is 0 Å². The Kier molecular flexibility index (Phi) is 3.62. The number of hydrogen-bond donors (Lipinski definition) is 2. The zero-order valence-electron chi connectivity index (χ0n) is 12.0. The summed E-state index contributed by atoms with van der Waals surface area (Å²) in [6.45, 7) is 3.99. The highest BCUT2D eigenvalue weighted by Gasteiger charge is 2.27. The summed E-state index contributed by atoms with van der Waals surface area (Å²) in [6, 6.07) is 9.91. The predicted molar refractivity (Wildman–Crippen MR) is 82.9 cm³/mol. The normalized spacial score (nSPS) is 17.6. The van der Waals surface area contributed by atoms with Crippen LogP contribution in [0.1, 0.15) is 38.2 Å². The van der Waals surface area contributed by atoms with Crippen LogP contribution >= 0.6 is 0 Å². The summed E-state index contributed by atoms with van der Waals surface area (Å²) in [5, 5.41) is 4.56. The fourth-order valence-corrected chi connectivity index (χ4v) is 3.23. The Morgan fingerprint density at radius 3 is 2.80 bits per heavy atom. The van der Waals surface area contributed by atoms with Gasteiger partial charge in [-0.3, -0.25) is 4.79 Å². The zero-order valence-corrected chi connectivity index (χ0v) is 12.0. The van der Waals surface area contributed by atoms with Crippen molar-refractivity contribution in [2.75, 3.05) is 6.54 Å². The largest absolute Gasteiger partial charge is 0.322 e. The van der Waals surface area contributed by atoms with Gasteiger partial charge in [-0.05, 0) is 35.8 Å². The molecular formula is C17H22N2O. The summed E-state index contributed by atoms with van der Waals surface area (Å²) in [6.07, 6.45) is 5.28. The highest BCUT2D eigenvalue weighted by atomic mass is 16.1. The Bertz CT molecular complexity index is 653. The van der Waals surface area contributed by atoms with Crippen molar-refractivity contribution in [2.24, 2.45) is 5.41 Å². The lowest BCUT2D eigenvalue weighted by Crippen LogP contribution is -2.31. The summed E-state index contributed by atoms with van der Waals surface area (Å²) in [4.78, 5) is 15.0. The van der Waals surface area contributed by atoms with Gasteiger partial charge in [0.15, 0.2) is 0 Å². The second-order valence-electron chi connectivity index (χ2n) is 6.33. The third-order valence-corrected chi connectivity index (χ3v) is 4.51. The zero-order chi connectivity index (χ0) is 14.0. The quantitative estimate of drug-likeness (QED) is 0.896. The molecule has 0 aliphatic heterocycles. The second kappa shape index (κ2) is 5.41. The number of H-pyrrole nitrogens is 1. The lowest BCUT2D eigenvalue weighted by Gasteiger charge is -2.23. The molecule has 1 aromatic heterocycles. The molecule has 20 heavy (non-hydrogen) atoms. The van der Waals surface area contributed by atoms with Crippen LogP contribution in [0.2, 0.25) is 0 Å². The van der Waals surface area contributed by atoms with Crippen LogP contribution in [0.15, 0.2) is 35.1 Å². The second-order valence-corrected chi connectivity index (χ2v) is 6.33. The predicted octanol–water partition coefficient (Wildman–Crippen LogP) is 3.20. The smallest absolute Gasteiger partial charge is 0.252 e. The highest BCUT2D eigenvalue weighted by Crippen LogP contribution is 2.36. The van der Waals surface area contributed by atoms with Gasteiger partial charge in [-0.25, -0.2) is 0 Å². The summed E-state index contributed by atoms with van der Waals surface area (Å²) >= 11 is 0. The van der Waals surface area contributed by atoms with Crippen molar-refractivity contribution >= 4 is 10.9 Å². The fourth-order valence-electron chi connectivity index (χ4n) is 3.23. The van der Waals surface area contributed by atoms with Gasteiger partial charge < -0.3 is 10.3 Å². The Hall–Kier alpha value is -1.61. The van der Waals surface area contributed by atoms with Gasteiger partial charge in [-0.1, -0.05) is 38.0 Å². The van der Waals surface area contributed by atoms with E-state index in [2.05, 4.69) is 17.2 Å². The van der Waals surface area contributed by atoms with Crippen LogP contribution < -0.4 is 10.9 Å². The number of nitrogens with one attached hydrogen (secondary N) is 2. The van der Waals surface area contributed by atoms with E-state index in [1.165, 1.54) is 25.7 Å². The molecule has 106 valence electrons. The molecule has 3 nitrogen and oxygen atoms in total.